The SMILES string of the molecule is O=C(c1cccc(Br)c1F)N1CC(O)C(O)C1. The maximum Gasteiger partial charge on any atom is 0.257 e. The summed E-state index contributed by atoms with van der Waals surface area (Å²) in [6, 6.07) is 4.43. The molecule has 1 aromatic rings. The molecule has 1 aliphatic rings. The maximum absolute atomic E-state index is 13.7. The van der Waals surface area contributed by atoms with Crippen molar-refractivity contribution >= 4 is 21.8 Å². The molecule has 0 saturated carbocycles. The van der Waals surface area contributed by atoms with E-state index < -0.39 is 23.9 Å². The van der Waals surface area contributed by atoms with Crippen molar-refractivity contribution in [3.05, 3.63) is 34.1 Å². The van der Waals surface area contributed by atoms with Gasteiger partial charge in [0.2, 0.25) is 0 Å². The minimum absolute atomic E-state index is 0.0198. The van der Waals surface area contributed by atoms with Gasteiger partial charge in [0.15, 0.2) is 0 Å². The van der Waals surface area contributed by atoms with Gasteiger partial charge in [-0.1, -0.05) is 6.07 Å². The van der Waals surface area contributed by atoms with Gasteiger partial charge in [-0.15, -0.1) is 0 Å². The largest absolute Gasteiger partial charge is 0.388 e. The fourth-order valence-corrected chi connectivity index (χ4v) is 2.14. The lowest BCUT2D eigenvalue weighted by atomic mass is 10.2. The molecule has 2 atom stereocenters. The molecule has 0 bridgehead atoms. The van der Waals surface area contributed by atoms with Gasteiger partial charge in [-0.2, -0.15) is 0 Å². The zero-order chi connectivity index (χ0) is 12.6. The van der Waals surface area contributed by atoms with Crippen LogP contribution in [0.1, 0.15) is 10.4 Å². The Morgan fingerprint density at radius 1 is 1.35 bits per heavy atom. The Kier molecular flexibility index (Phi) is 3.46. The number of benzene rings is 1. The van der Waals surface area contributed by atoms with Crippen LogP contribution in [-0.2, 0) is 0 Å². The molecule has 0 spiro atoms. The van der Waals surface area contributed by atoms with Crippen molar-refractivity contribution in [1.82, 2.24) is 4.90 Å². The van der Waals surface area contributed by atoms with Gasteiger partial charge in [0.05, 0.1) is 22.2 Å². The predicted octanol–water partition coefficient (Wildman–Crippen LogP) is 0.766. The maximum atomic E-state index is 13.7. The van der Waals surface area contributed by atoms with E-state index in [1.807, 2.05) is 0 Å². The van der Waals surface area contributed by atoms with Crippen LogP contribution in [-0.4, -0.2) is 46.3 Å². The highest BCUT2D eigenvalue weighted by Crippen LogP contribution is 2.21. The Hall–Kier alpha value is -0.980. The van der Waals surface area contributed by atoms with E-state index in [0.29, 0.717) is 0 Å². The summed E-state index contributed by atoms with van der Waals surface area (Å²) in [4.78, 5) is 13.2. The van der Waals surface area contributed by atoms with E-state index in [4.69, 9.17) is 0 Å². The molecule has 6 heteroatoms. The summed E-state index contributed by atoms with van der Waals surface area (Å²) in [6.07, 6.45) is -1.93. The van der Waals surface area contributed by atoms with E-state index in [1.165, 1.54) is 17.0 Å². The van der Waals surface area contributed by atoms with Gasteiger partial charge >= 0.3 is 0 Å². The number of hydrogen-bond acceptors (Lipinski definition) is 3. The van der Waals surface area contributed by atoms with Gasteiger partial charge in [0.1, 0.15) is 5.82 Å². The molecule has 1 amide bonds. The molecular weight excluding hydrogens is 293 g/mol. The predicted molar refractivity (Wildman–Crippen MR) is 62.0 cm³/mol. The molecule has 1 saturated heterocycles. The van der Waals surface area contributed by atoms with Crippen molar-refractivity contribution in [2.24, 2.45) is 0 Å². The average Bonchev–Trinajstić information content (AvgIpc) is 2.62. The summed E-state index contributed by atoms with van der Waals surface area (Å²) in [5.74, 6) is -1.16. The van der Waals surface area contributed by atoms with Crippen LogP contribution in [0.15, 0.2) is 22.7 Å². The molecule has 0 radical (unpaired) electrons. The first-order valence-electron chi connectivity index (χ1n) is 5.10. The Bertz CT molecular complexity index is 444. The second kappa shape index (κ2) is 4.72. The van der Waals surface area contributed by atoms with E-state index in [2.05, 4.69) is 15.9 Å². The molecule has 1 heterocycles. The zero-order valence-corrected chi connectivity index (χ0v) is 10.4. The highest BCUT2D eigenvalue weighted by Gasteiger charge is 2.33. The first-order valence-corrected chi connectivity index (χ1v) is 5.89. The monoisotopic (exact) mass is 303 g/mol. The van der Waals surface area contributed by atoms with Gasteiger partial charge in [-0.05, 0) is 28.1 Å². The number of halogens is 2. The van der Waals surface area contributed by atoms with E-state index in [1.54, 1.807) is 6.07 Å². The third kappa shape index (κ3) is 2.34. The molecule has 2 rings (SSSR count). The smallest absolute Gasteiger partial charge is 0.257 e. The van der Waals surface area contributed by atoms with Crippen molar-refractivity contribution in [3.8, 4) is 0 Å². The summed E-state index contributed by atoms with van der Waals surface area (Å²) in [5, 5.41) is 18.7. The Morgan fingerprint density at radius 2 is 1.94 bits per heavy atom. The summed E-state index contributed by atoms with van der Waals surface area (Å²) in [6.45, 7) is 0.0396. The minimum atomic E-state index is -0.964. The molecule has 2 N–H and O–H groups in total. The second-order valence-corrected chi connectivity index (χ2v) is 4.80. The lowest BCUT2D eigenvalue weighted by Crippen LogP contribution is -2.30. The van der Waals surface area contributed by atoms with E-state index in [9.17, 15) is 19.4 Å². The van der Waals surface area contributed by atoms with Crippen molar-refractivity contribution < 1.29 is 19.4 Å². The van der Waals surface area contributed by atoms with Crippen molar-refractivity contribution in [2.45, 2.75) is 12.2 Å². The fraction of sp³-hybridized carbons (Fsp3) is 0.364. The van der Waals surface area contributed by atoms with Gasteiger partial charge in [-0.3, -0.25) is 4.79 Å². The van der Waals surface area contributed by atoms with Crippen LogP contribution in [0.25, 0.3) is 0 Å². The van der Waals surface area contributed by atoms with E-state index in [-0.39, 0.29) is 23.1 Å². The first kappa shape index (κ1) is 12.5. The Labute approximate surface area is 106 Å². The Morgan fingerprint density at radius 3 is 2.53 bits per heavy atom. The number of aliphatic hydroxyl groups excluding tert-OH is 2. The molecule has 1 fully saturated rings. The van der Waals surface area contributed by atoms with Crippen LogP contribution >= 0.6 is 15.9 Å². The third-order valence-electron chi connectivity index (χ3n) is 2.73. The summed E-state index contributed by atoms with van der Waals surface area (Å²) >= 11 is 3.00. The minimum Gasteiger partial charge on any atom is -0.388 e. The lowest BCUT2D eigenvalue weighted by Gasteiger charge is -2.15. The van der Waals surface area contributed by atoms with Crippen LogP contribution in [0.2, 0.25) is 0 Å². The van der Waals surface area contributed by atoms with Crippen molar-refractivity contribution in [2.75, 3.05) is 13.1 Å². The van der Waals surface area contributed by atoms with Crippen LogP contribution in [0.3, 0.4) is 0 Å². The third-order valence-corrected chi connectivity index (χ3v) is 3.34. The van der Waals surface area contributed by atoms with Gasteiger partial charge in [0, 0.05) is 13.1 Å². The normalized spacial score (nSPS) is 24.1. The number of β-amino-alcohol motifs (C(OH)–C–C–N with tert-alkyl or cyclic N) is 2. The number of rotatable bonds is 1. The van der Waals surface area contributed by atoms with Gasteiger partial charge in [-0.25, -0.2) is 4.39 Å². The number of amides is 1. The number of carbonyl (C=O) groups is 1. The van der Waals surface area contributed by atoms with E-state index in [0.717, 1.165) is 0 Å². The molecule has 92 valence electrons. The molecule has 1 aliphatic heterocycles. The quantitative estimate of drug-likeness (QED) is 0.805. The fourth-order valence-electron chi connectivity index (χ4n) is 1.77. The van der Waals surface area contributed by atoms with Crippen LogP contribution in [0.4, 0.5) is 4.39 Å². The number of likely N-dealkylation sites (tertiary alicyclic amines) is 1. The molecular formula is C11H11BrFNO3. The van der Waals surface area contributed by atoms with Gasteiger partial charge < -0.3 is 15.1 Å². The zero-order valence-electron chi connectivity index (χ0n) is 8.81. The van der Waals surface area contributed by atoms with Crippen molar-refractivity contribution in [1.29, 1.82) is 0 Å². The van der Waals surface area contributed by atoms with Crippen LogP contribution in [0.5, 0.6) is 0 Å². The molecule has 0 aromatic heterocycles. The molecule has 1 aromatic carbocycles. The summed E-state index contributed by atoms with van der Waals surface area (Å²) in [7, 11) is 0. The average molecular weight is 304 g/mol. The number of carbonyl (C=O) groups excluding carboxylic acids is 1. The highest BCUT2D eigenvalue weighted by molar-refractivity contribution is 9.10. The number of hydrogen-bond donors (Lipinski definition) is 2. The van der Waals surface area contributed by atoms with Gasteiger partial charge in [0.25, 0.3) is 5.91 Å². The topological polar surface area (TPSA) is 60.8 Å². The number of aliphatic hydroxyl groups is 2. The summed E-state index contributed by atoms with van der Waals surface area (Å²) < 4.78 is 13.9. The molecule has 0 aliphatic carbocycles. The van der Waals surface area contributed by atoms with Crippen LogP contribution < -0.4 is 0 Å². The summed E-state index contributed by atoms with van der Waals surface area (Å²) in [5.41, 5.74) is -0.0688. The van der Waals surface area contributed by atoms with Crippen LogP contribution in [0, 0.1) is 5.82 Å². The lowest BCUT2D eigenvalue weighted by molar-refractivity contribution is 0.0572. The van der Waals surface area contributed by atoms with Crippen molar-refractivity contribution in [3.63, 3.8) is 0 Å². The molecule has 17 heavy (non-hydrogen) atoms. The molecule has 4 nitrogen and oxygen atoms in total. The molecule has 2 unspecified atom stereocenters. The second-order valence-electron chi connectivity index (χ2n) is 3.95. The first-order chi connectivity index (χ1) is 8.00. The highest BCUT2D eigenvalue weighted by atomic mass is 79.9. The Balaban J connectivity index is 2.24. The standard InChI is InChI=1S/C11H11BrFNO3/c12-7-3-1-2-6(10(7)13)11(17)14-4-8(15)9(16)5-14/h1-3,8-9,15-16H,4-5H2. The number of nitrogens with zero attached hydrogens (tertiary/aromatic N) is 1. The van der Waals surface area contributed by atoms with E-state index >= 15 is 0 Å².